The number of ether oxygens (including phenoxy) is 1. The number of halogens is 2. The van der Waals surface area contributed by atoms with E-state index in [-0.39, 0.29) is 23.0 Å². The van der Waals surface area contributed by atoms with Gasteiger partial charge in [0.1, 0.15) is 5.82 Å². The highest BCUT2D eigenvalue weighted by Gasteiger charge is 2.21. The second-order valence-corrected chi connectivity index (χ2v) is 5.65. The van der Waals surface area contributed by atoms with Crippen molar-refractivity contribution >= 4 is 29.2 Å². The molecule has 0 saturated carbocycles. The number of benzene rings is 1. The van der Waals surface area contributed by atoms with Gasteiger partial charge in [-0.3, -0.25) is 9.59 Å². The van der Waals surface area contributed by atoms with Gasteiger partial charge >= 0.3 is 5.97 Å². The van der Waals surface area contributed by atoms with Gasteiger partial charge in [0.15, 0.2) is 6.10 Å². The number of anilines is 1. The third-order valence-corrected chi connectivity index (χ3v) is 3.64. The topological polar surface area (TPSA) is 55.4 Å². The van der Waals surface area contributed by atoms with Gasteiger partial charge in [0.2, 0.25) is 0 Å². The molecule has 118 valence electrons. The number of esters is 1. The van der Waals surface area contributed by atoms with Crippen molar-refractivity contribution in [1.29, 1.82) is 0 Å². The Hall–Kier alpha value is -1.88. The minimum Gasteiger partial charge on any atom is -0.453 e. The average molecular weight is 326 g/mol. The minimum atomic E-state index is -0.993. The van der Waals surface area contributed by atoms with Gasteiger partial charge in [0.05, 0.1) is 12.1 Å². The first-order chi connectivity index (χ1) is 10.5. The van der Waals surface area contributed by atoms with Crippen LogP contribution in [-0.2, 0) is 14.3 Å². The molecule has 22 heavy (non-hydrogen) atoms. The van der Waals surface area contributed by atoms with Gasteiger partial charge in [-0.25, -0.2) is 4.39 Å². The summed E-state index contributed by atoms with van der Waals surface area (Å²) in [6, 6.07) is 3.91. The Morgan fingerprint density at radius 2 is 2.27 bits per heavy atom. The molecular formula is C16H17ClFNO3. The fourth-order valence-electron chi connectivity index (χ4n) is 2.20. The van der Waals surface area contributed by atoms with E-state index in [9.17, 15) is 14.0 Å². The first-order valence-electron chi connectivity index (χ1n) is 7.08. The molecule has 4 nitrogen and oxygen atoms in total. The summed E-state index contributed by atoms with van der Waals surface area (Å²) >= 11 is 5.64. The molecule has 0 bridgehead atoms. The third-order valence-electron chi connectivity index (χ3n) is 3.41. The minimum absolute atomic E-state index is 0.00368. The van der Waals surface area contributed by atoms with Crippen LogP contribution in [0.25, 0.3) is 0 Å². The van der Waals surface area contributed by atoms with Crippen LogP contribution in [0, 0.1) is 11.7 Å². The summed E-state index contributed by atoms with van der Waals surface area (Å²) in [6.45, 7) is 1.45. The van der Waals surface area contributed by atoms with Crippen molar-refractivity contribution in [2.24, 2.45) is 5.92 Å². The number of hydrogen-bond acceptors (Lipinski definition) is 3. The van der Waals surface area contributed by atoms with Crippen molar-refractivity contribution in [1.82, 2.24) is 0 Å². The van der Waals surface area contributed by atoms with Crippen LogP contribution in [0.3, 0.4) is 0 Å². The highest BCUT2D eigenvalue weighted by molar-refractivity contribution is 6.30. The molecule has 1 N–H and O–H groups in total. The highest BCUT2D eigenvalue weighted by atomic mass is 35.5. The Labute approximate surface area is 133 Å². The lowest BCUT2D eigenvalue weighted by Gasteiger charge is -2.15. The van der Waals surface area contributed by atoms with Gasteiger partial charge in [-0.2, -0.15) is 0 Å². The maximum absolute atomic E-state index is 13.6. The second kappa shape index (κ2) is 7.40. The zero-order valence-corrected chi connectivity index (χ0v) is 12.9. The summed E-state index contributed by atoms with van der Waals surface area (Å²) in [5.41, 5.74) is -0.00368. The van der Waals surface area contributed by atoms with Crippen LogP contribution in [0.5, 0.6) is 0 Å². The van der Waals surface area contributed by atoms with Gasteiger partial charge in [0, 0.05) is 5.02 Å². The van der Waals surface area contributed by atoms with E-state index in [1.54, 1.807) is 0 Å². The maximum Gasteiger partial charge on any atom is 0.307 e. The number of carbonyl (C=O) groups excluding carboxylic acids is 2. The van der Waals surface area contributed by atoms with E-state index in [0.29, 0.717) is 0 Å². The quantitative estimate of drug-likeness (QED) is 0.663. The van der Waals surface area contributed by atoms with Crippen molar-refractivity contribution in [2.45, 2.75) is 32.3 Å². The summed E-state index contributed by atoms with van der Waals surface area (Å²) in [5, 5.41) is 2.61. The summed E-state index contributed by atoms with van der Waals surface area (Å²) in [5.74, 6) is -1.49. The van der Waals surface area contributed by atoms with Crippen molar-refractivity contribution in [3.63, 3.8) is 0 Å². The number of amides is 1. The Morgan fingerprint density at radius 1 is 1.50 bits per heavy atom. The third kappa shape index (κ3) is 4.56. The molecule has 2 atom stereocenters. The smallest absolute Gasteiger partial charge is 0.307 e. The Kier molecular flexibility index (Phi) is 5.55. The van der Waals surface area contributed by atoms with Crippen LogP contribution in [0.15, 0.2) is 30.4 Å². The van der Waals surface area contributed by atoms with Crippen LogP contribution >= 0.6 is 11.6 Å². The van der Waals surface area contributed by atoms with Crippen molar-refractivity contribution < 1.29 is 18.7 Å². The van der Waals surface area contributed by atoms with Gasteiger partial charge < -0.3 is 10.1 Å². The van der Waals surface area contributed by atoms with E-state index in [0.717, 1.165) is 18.9 Å². The highest BCUT2D eigenvalue weighted by Crippen LogP contribution is 2.21. The SMILES string of the molecule is C[C@H](OC(=O)C[C@@H]1C=CCC1)C(=O)Nc1ccc(Cl)cc1F. The summed E-state index contributed by atoms with van der Waals surface area (Å²) in [7, 11) is 0. The standard InChI is InChI=1S/C16H17ClFNO3/c1-10(22-15(20)8-11-4-2-3-5-11)16(21)19-14-7-6-12(17)9-13(14)18/h2,4,6-7,9-11H,3,5,8H2,1H3,(H,19,21)/t10-,11+/m0/s1. The van der Waals surface area contributed by atoms with Gasteiger partial charge in [-0.05, 0) is 43.9 Å². The molecule has 0 fully saturated rings. The average Bonchev–Trinajstić information content (AvgIpc) is 2.94. The number of nitrogens with one attached hydrogen (secondary N) is 1. The summed E-state index contributed by atoms with van der Waals surface area (Å²) in [6.07, 6.45) is 5.15. The molecule has 0 aliphatic heterocycles. The molecule has 1 aromatic carbocycles. The number of allylic oxidation sites excluding steroid dienone is 2. The molecule has 1 aliphatic carbocycles. The molecule has 0 aromatic heterocycles. The first-order valence-corrected chi connectivity index (χ1v) is 7.45. The fraction of sp³-hybridized carbons (Fsp3) is 0.375. The van der Waals surface area contributed by atoms with E-state index in [1.165, 1.54) is 19.1 Å². The van der Waals surface area contributed by atoms with Crippen LogP contribution in [0.1, 0.15) is 26.2 Å². The predicted molar refractivity (Wildman–Crippen MR) is 82.1 cm³/mol. The zero-order valence-electron chi connectivity index (χ0n) is 12.1. The fourth-order valence-corrected chi connectivity index (χ4v) is 2.36. The molecule has 0 spiro atoms. The first kappa shape index (κ1) is 16.5. The predicted octanol–water partition coefficient (Wildman–Crippen LogP) is 3.71. The zero-order chi connectivity index (χ0) is 16.1. The molecule has 2 rings (SSSR count). The van der Waals surface area contributed by atoms with Crippen LogP contribution in [0.2, 0.25) is 5.02 Å². The Bertz CT molecular complexity index is 603. The lowest BCUT2D eigenvalue weighted by Crippen LogP contribution is -2.30. The lowest BCUT2D eigenvalue weighted by molar-refractivity contribution is -0.153. The molecule has 1 amide bonds. The lowest BCUT2D eigenvalue weighted by atomic mass is 10.1. The molecule has 0 unspecified atom stereocenters. The summed E-state index contributed by atoms with van der Waals surface area (Å²) in [4.78, 5) is 23.7. The van der Waals surface area contributed by atoms with Gasteiger partial charge in [-0.15, -0.1) is 0 Å². The largest absolute Gasteiger partial charge is 0.453 e. The van der Waals surface area contributed by atoms with E-state index in [1.807, 2.05) is 12.2 Å². The van der Waals surface area contributed by atoms with Gasteiger partial charge in [-0.1, -0.05) is 23.8 Å². The molecular weight excluding hydrogens is 309 g/mol. The number of hydrogen-bond donors (Lipinski definition) is 1. The van der Waals surface area contributed by atoms with Crippen molar-refractivity contribution in [3.8, 4) is 0 Å². The van der Waals surface area contributed by atoms with E-state index in [4.69, 9.17) is 16.3 Å². The molecule has 1 aromatic rings. The number of rotatable bonds is 5. The molecule has 0 radical (unpaired) electrons. The van der Waals surface area contributed by atoms with E-state index >= 15 is 0 Å². The van der Waals surface area contributed by atoms with Crippen LogP contribution < -0.4 is 5.32 Å². The molecule has 6 heteroatoms. The van der Waals surface area contributed by atoms with Gasteiger partial charge in [0.25, 0.3) is 5.91 Å². The molecule has 0 heterocycles. The Morgan fingerprint density at radius 3 is 2.91 bits per heavy atom. The normalized spacial score (nSPS) is 18.0. The monoisotopic (exact) mass is 325 g/mol. The van der Waals surface area contributed by atoms with Crippen LogP contribution in [0.4, 0.5) is 10.1 Å². The van der Waals surface area contributed by atoms with Crippen molar-refractivity contribution in [3.05, 3.63) is 41.2 Å². The van der Waals surface area contributed by atoms with E-state index < -0.39 is 23.8 Å². The number of carbonyl (C=O) groups is 2. The Balaban J connectivity index is 1.85. The summed E-state index contributed by atoms with van der Waals surface area (Å²) < 4.78 is 18.7. The molecule has 0 saturated heterocycles. The maximum atomic E-state index is 13.6. The van der Waals surface area contributed by atoms with E-state index in [2.05, 4.69) is 5.32 Å². The second-order valence-electron chi connectivity index (χ2n) is 5.22. The molecule has 1 aliphatic rings. The van der Waals surface area contributed by atoms with Crippen LogP contribution in [-0.4, -0.2) is 18.0 Å². The van der Waals surface area contributed by atoms with Crippen molar-refractivity contribution in [2.75, 3.05) is 5.32 Å².